The fourth-order valence-electron chi connectivity index (χ4n) is 2.40. The van der Waals surface area contributed by atoms with Gasteiger partial charge in [-0.1, -0.05) is 0 Å². The van der Waals surface area contributed by atoms with Crippen molar-refractivity contribution in [2.75, 3.05) is 17.9 Å². The second-order valence-corrected chi connectivity index (χ2v) is 6.00. The molecule has 0 unspecified atom stereocenters. The number of oxazole rings is 1. The number of fused-ring (bicyclic) bond motifs is 2. The Morgan fingerprint density at radius 3 is 2.78 bits per heavy atom. The van der Waals surface area contributed by atoms with Crippen LogP contribution in [0, 0.1) is 0 Å². The minimum absolute atomic E-state index is 0.359. The molecule has 1 N–H and O–H groups in total. The summed E-state index contributed by atoms with van der Waals surface area (Å²) in [4.78, 5) is 12.5. The fraction of sp³-hybridized carbons (Fsp3) is 0.188. The quantitative estimate of drug-likeness (QED) is 0.745. The van der Waals surface area contributed by atoms with E-state index in [9.17, 15) is 4.79 Å². The molecule has 7 heteroatoms. The number of benzene rings is 2. The van der Waals surface area contributed by atoms with E-state index in [2.05, 4.69) is 4.72 Å². The van der Waals surface area contributed by atoms with Crippen molar-refractivity contribution in [1.29, 1.82) is 0 Å². The van der Waals surface area contributed by atoms with Crippen LogP contribution in [0.5, 0.6) is 11.5 Å². The van der Waals surface area contributed by atoms with E-state index >= 15 is 0 Å². The number of anilines is 1. The lowest BCUT2D eigenvalue weighted by atomic mass is 10.3. The van der Waals surface area contributed by atoms with Gasteiger partial charge in [-0.15, -0.1) is 0 Å². The Kier molecular flexibility index (Phi) is 3.42. The minimum Gasteiger partial charge on any atom is -0.486 e. The van der Waals surface area contributed by atoms with Crippen molar-refractivity contribution in [3.63, 3.8) is 0 Å². The molecule has 2 aromatic carbocycles. The summed E-state index contributed by atoms with van der Waals surface area (Å²) < 4.78 is 21.0. The van der Waals surface area contributed by atoms with Gasteiger partial charge in [0.2, 0.25) is 0 Å². The number of hydrogen-bond acceptors (Lipinski definition) is 6. The number of aryl methyl sites for hydroxylation is 1. The van der Waals surface area contributed by atoms with E-state index in [1.54, 1.807) is 7.05 Å². The molecule has 0 aliphatic carbocycles. The number of ether oxygens (including phenoxy) is 2. The predicted molar refractivity (Wildman–Crippen MR) is 88.4 cm³/mol. The Labute approximate surface area is 136 Å². The highest BCUT2D eigenvalue weighted by Gasteiger charge is 2.12. The number of aromatic nitrogens is 1. The molecule has 0 atom stereocenters. The molecule has 0 fully saturated rings. The summed E-state index contributed by atoms with van der Waals surface area (Å²) in [5.74, 6) is 1.15. The zero-order valence-electron chi connectivity index (χ0n) is 12.4. The van der Waals surface area contributed by atoms with Gasteiger partial charge in [-0.2, -0.15) is 0 Å². The Bertz CT molecular complexity index is 931. The molecule has 0 saturated heterocycles. The van der Waals surface area contributed by atoms with Crippen LogP contribution >= 0.6 is 11.9 Å². The van der Waals surface area contributed by atoms with Crippen molar-refractivity contribution in [1.82, 2.24) is 4.57 Å². The third-order valence-corrected chi connectivity index (χ3v) is 4.42. The topological polar surface area (TPSA) is 65.6 Å². The molecule has 0 spiro atoms. The average Bonchev–Trinajstić information content (AvgIpc) is 2.87. The molecule has 1 aliphatic heterocycles. The summed E-state index contributed by atoms with van der Waals surface area (Å²) in [5.41, 5.74) is 2.26. The maximum Gasteiger partial charge on any atom is 0.419 e. The van der Waals surface area contributed by atoms with Gasteiger partial charge in [0.15, 0.2) is 17.1 Å². The van der Waals surface area contributed by atoms with Crippen LogP contribution in [-0.2, 0) is 7.05 Å². The molecular formula is C16H14N2O4S. The van der Waals surface area contributed by atoms with Gasteiger partial charge < -0.3 is 18.6 Å². The highest BCUT2D eigenvalue weighted by atomic mass is 32.2. The second kappa shape index (κ2) is 5.58. The van der Waals surface area contributed by atoms with Crippen LogP contribution in [0.1, 0.15) is 0 Å². The van der Waals surface area contributed by atoms with Gasteiger partial charge in [0.25, 0.3) is 0 Å². The molecule has 23 heavy (non-hydrogen) atoms. The lowest BCUT2D eigenvalue weighted by Crippen LogP contribution is -2.15. The summed E-state index contributed by atoms with van der Waals surface area (Å²) in [6.07, 6.45) is 0. The van der Waals surface area contributed by atoms with Crippen molar-refractivity contribution >= 4 is 28.7 Å². The van der Waals surface area contributed by atoms with E-state index in [1.165, 1.54) is 16.5 Å². The summed E-state index contributed by atoms with van der Waals surface area (Å²) in [6.45, 7) is 1.14. The zero-order chi connectivity index (χ0) is 15.8. The van der Waals surface area contributed by atoms with Crippen LogP contribution in [0.15, 0.2) is 50.5 Å². The Hall–Kier alpha value is -2.54. The number of nitrogens with zero attached hydrogens (tertiary/aromatic N) is 1. The van der Waals surface area contributed by atoms with Gasteiger partial charge in [0.1, 0.15) is 13.2 Å². The van der Waals surface area contributed by atoms with Crippen molar-refractivity contribution in [2.24, 2.45) is 7.05 Å². The van der Waals surface area contributed by atoms with Crippen LogP contribution in [0.25, 0.3) is 11.1 Å². The smallest absolute Gasteiger partial charge is 0.419 e. The van der Waals surface area contributed by atoms with Crippen molar-refractivity contribution in [3.05, 3.63) is 46.9 Å². The molecule has 4 rings (SSSR count). The molecular weight excluding hydrogens is 316 g/mol. The van der Waals surface area contributed by atoms with Crippen LogP contribution in [0.4, 0.5) is 5.69 Å². The maximum absolute atomic E-state index is 11.5. The second-order valence-electron chi connectivity index (χ2n) is 5.12. The summed E-state index contributed by atoms with van der Waals surface area (Å²) >= 11 is 1.44. The highest BCUT2D eigenvalue weighted by molar-refractivity contribution is 8.00. The Morgan fingerprint density at radius 1 is 1.09 bits per heavy atom. The molecule has 0 amide bonds. The number of rotatable bonds is 3. The lowest BCUT2D eigenvalue weighted by molar-refractivity contribution is 0.171. The zero-order valence-corrected chi connectivity index (χ0v) is 13.2. The van der Waals surface area contributed by atoms with Gasteiger partial charge in [-0.3, -0.25) is 4.57 Å². The number of nitrogens with one attached hydrogen (secondary N) is 1. The summed E-state index contributed by atoms with van der Waals surface area (Å²) in [5, 5.41) is 0. The normalized spacial score (nSPS) is 13.3. The average molecular weight is 330 g/mol. The van der Waals surface area contributed by atoms with E-state index in [0.717, 1.165) is 27.6 Å². The predicted octanol–water partition coefficient (Wildman–Crippen LogP) is 3.02. The third-order valence-electron chi connectivity index (χ3n) is 3.59. The Balaban J connectivity index is 1.53. The van der Waals surface area contributed by atoms with Gasteiger partial charge >= 0.3 is 5.76 Å². The Morgan fingerprint density at radius 2 is 1.91 bits per heavy atom. The minimum atomic E-state index is -0.359. The largest absolute Gasteiger partial charge is 0.486 e. The molecule has 0 bridgehead atoms. The van der Waals surface area contributed by atoms with Crippen LogP contribution in [0.3, 0.4) is 0 Å². The van der Waals surface area contributed by atoms with E-state index in [1.807, 2.05) is 36.4 Å². The first-order valence-corrected chi connectivity index (χ1v) is 7.94. The van der Waals surface area contributed by atoms with Crippen LogP contribution in [0.2, 0.25) is 0 Å². The van der Waals surface area contributed by atoms with E-state index in [-0.39, 0.29) is 5.76 Å². The maximum atomic E-state index is 11.5. The van der Waals surface area contributed by atoms with E-state index in [0.29, 0.717) is 18.8 Å². The van der Waals surface area contributed by atoms with E-state index < -0.39 is 0 Å². The molecule has 0 radical (unpaired) electrons. The summed E-state index contributed by atoms with van der Waals surface area (Å²) in [7, 11) is 1.69. The van der Waals surface area contributed by atoms with Crippen molar-refractivity contribution in [2.45, 2.75) is 4.90 Å². The molecule has 1 aliphatic rings. The third kappa shape index (κ3) is 2.63. The van der Waals surface area contributed by atoms with Crippen molar-refractivity contribution < 1.29 is 13.9 Å². The fourth-order valence-corrected chi connectivity index (χ4v) is 3.07. The number of hydrogen-bond donors (Lipinski definition) is 1. The molecule has 3 aromatic rings. The molecule has 0 saturated carbocycles. The van der Waals surface area contributed by atoms with Gasteiger partial charge in [0, 0.05) is 23.7 Å². The highest BCUT2D eigenvalue weighted by Crippen LogP contribution is 2.34. The monoisotopic (exact) mass is 330 g/mol. The van der Waals surface area contributed by atoms with Crippen molar-refractivity contribution in [3.8, 4) is 11.5 Å². The summed E-state index contributed by atoms with van der Waals surface area (Å²) in [6, 6.07) is 11.4. The SMILES string of the molecule is Cn1c(=O)oc2cc(SNc3ccc4c(c3)OCCO4)ccc21. The van der Waals surface area contributed by atoms with Crippen LogP contribution < -0.4 is 20.0 Å². The van der Waals surface area contributed by atoms with Gasteiger partial charge in [0.05, 0.1) is 5.52 Å². The van der Waals surface area contributed by atoms with Gasteiger partial charge in [-0.25, -0.2) is 4.79 Å². The van der Waals surface area contributed by atoms with Gasteiger partial charge in [-0.05, 0) is 42.3 Å². The van der Waals surface area contributed by atoms with E-state index in [4.69, 9.17) is 13.9 Å². The first-order chi connectivity index (χ1) is 11.2. The molecule has 2 heterocycles. The molecule has 1 aromatic heterocycles. The molecule has 6 nitrogen and oxygen atoms in total. The standard InChI is InChI=1S/C16H14N2O4S/c1-18-12-4-3-11(9-14(12)22-16(18)19)23-17-10-2-5-13-15(8-10)21-7-6-20-13/h2-5,8-9,17H,6-7H2,1H3. The first kappa shape index (κ1) is 14.1. The first-order valence-electron chi connectivity index (χ1n) is 7.13. The van der Waals surface area contributed by atoms with Crippen LogP contribution in [-0.4, -0.2) is 17.8 Å². The molecule has 118 valence electrons. The lowest BCUT2D eigenvalue weighted by Gasteiger charge is -2.19.